The second-order valence-electron chi connectivity index (χ2n) is 5.94. The molecule has 0 spiro atoms. The van der Waals surface area contributed by atoms with Crippen molar-refractivity contribution >= 4 is 0 Å². The van der Waals surface area contributed by atoms with E-state index in [1.165, 1.54) is 24.1 Å². The van der Waals surface area contributed by atoms with Gasteiger partial charge < -0.3 is 5.32 Å². The van der Waals surface area contributed by atoms with Crippen LogP contribution in [0.4, 0.5) is 0 Å². The molecule has 0 amide bonds. The van der Waals surface area contributed by atoms with Crippen LogP contribution in [0.3, 0.4) is 0 Å². The van der Waals surface area contributed by atoms with E-state index in [1.807, 2.05) is 0 Å². The number of hydrogen-bond acceptors (Lipinski definition) is 3. The molecule has 0 saturated heterocycles. The Morgan fingerprint density at radius 2 is 2.00 bits per heavy atom. The molecule has 0 radical (unpaired) electrons. The highest BCUT2D eigenvalue weighted by molar-refractivity contribution is 5.25. The summed E-state index contributed by atoms with van der Waals surface area (Å²) in [5, 5.41) is 8.16. The molecule has 1 fully saturated rings. The van der Waals surface area contributed by atoms with Gasteiger partial charge in [0.15, 0.2) is 0 Å². The summed E-state index contributed by atoms with van der Waals surface area (Å²) in [6.07, 6.45) is 3.66. The molecule has 2 aromatic heterocycles. The van der Waals surface area contributed by atoms with E-state index in [0.29, 0.717) is 0 Å². The molecular formula is C17H24N4. The van der Waals surface area contributed by atoms with Crippen LogP contribution in [0, 0.1) is 13.8 Å². The first-order chi connectivity index (χ1) is 10.2. The predicted molar refractivity (Wildman–Crippen MR) is 84.3 cm³/mol. The number of nitrogens with zero attached hydrogens (tertiary/aromatic N) is 3. The number of hydrogen-bond donors (Lipinski definition) is 1. The molecule has 2 aromatic rings. The zero-order valence-electron chi connectivity index (χ0n) is 13.2. The molecule has 0 aromatic carbocycles. The molecule has 0 unspecified atom stereocenters. The first kappa shape index (κ1) is 14.3. The lowest BCUT2D eigenvalue weighted by atomic mass is 10.1. The van der Waals surface area contributed by atoms with Gasteiger partial charge in [0.1, 0.15) is 0 Å². The van der Waals surface area contributed by atoms with E-state index in [1.54, 1.807) is 0 Å². The fourth-order valence-corrected chi connectivity index (χ4v) is 2.81. The number of aryl methyl sites for hydroxylation is 1. The van der Waals surface area contributed by atoms with Crippen LogP contribution in [0.1, 0.15) is 48.1 Å². The fraction of sp³-hybridized carbons (Fsp3) is 0.529. The second kappa shape index (κ2) is 5.98. The summed E-state index contributed by atoms with van der Waals surface area (Å²) in [6.45, 7) is 8.05. The Morgan fingerprint density at radius 1 is 1.24 bits per heavy atom. The summed E-state index contributed by atoms with van der Waals surface area (Å²) in [5.41, 5.74) is 5.97. The first-order valence-corrected chi connectivity index (χ1v) is 7.88. The molecule has 0 atom stereocenters. The smallest absolute Gasteiger partial charge is 0.0834 e. The summed E-state index contributed by atoms with van der Waals surface area (Å²) < 4.78 is 2.08. The van der Waals surface area contributed by atoms with Gasteiger partial charge in [-0.1, -0.05) is 13.0 Å². The quantitative estimate of drug-likeness (QED) is 0.887. The van der Waals surface area contributed by atoms with E-state index in [0.717, 1.165) is 42.6 Å². The van der Waals surface area contributed by atoms with E-state index in [2.05, 4.69) is 54.1 Å². The molecule has 4 nitrogen and oxygen atoms in total. The average Bonchev–Trinajstić information content (AvgIpc) is 3.25. The number of nitrogens with one attached hydrogen (secondary N) is 1. The van der Waals surface area contributed by atoms with E-state index < -0.39 is 0 Å². The van der Waals surface area contributed by atoms with Crippen LogP contribution >= 0.6 is 0 Å². The highest BCUT2D eigenvalue weighted by atomic mass is 15.3. The van der Waals surface area contributed by atoms with Crippen molar-refractivity contribution in [2.24, 2.45) is 0 Å². The molecule has 112 valence electrons. The normalized spacial score (nSPS) is 14.6. The molecule has 3 rings (SSSR count). The molecule has 1 N–H and O–H groups in total. The fourth-order valence-electron chi connectivity index (χ4n) is 2.81. The molecule has 0 bridgehead atoms. The van der Waals surface area contributed by atoms with Gasteiger partial charge in [-0.3, -0.25) is 9.67 Å². The molecule has 2 heterocycles. The van der Waals surface area contributed by atoms with Gasteiger partial charge in [-0.15, -0.1) is 0 Å². The van der Waals surface area contributed by atoms with Gasteiger partial charge in [-0.25, -0.2) is 0 Å². The van der Waals surface area contributed by atoms with E-state index >= 15 is 0 Å². The summed E-state index contributed by atoms with van der Waals surface area (Å²) in [7, 11) is 0. The Hall–Kier alpha value is -1.68. The van der Waals surface area contributed by atoms with Crippen molar-refractivity contribution in [2.45, 2.75) is 59.2 Å². The lowest BCUT2D eigenvalue weighted by molar-refractivity contribution is 0.633. The van der Waals surface area contributed by atoms with Crippen molar-refractivity contribution in [1.82, 2.24) is 20.1 Å². The van der Waals surface area contributed by atoms with Gasteiger partial charge >= 0.3 is 0 Å². The molecule has 0 aliphatic heterocycles. The van der Waals surface area contributed by atoms with Crippen LogP contribution in [0.5, 0.6) is 0 Å². The minimum Gasteiger partial charge on any atom is -0.308 e. The minimum absolute atomic E-state index is 0.721. The van der Waals surface area contributed by atoms with Crippen LogP contribution in [-0.4, -0.2) is 20.8 Å². The standard InChI is InChI=1S/C17H24N4/c1-4-17-12(2)20-21(13(17)3)11-16-7-5-6-15(19-16)10-18-14-8-9-14/h5-7,14,18H,4,8-11H2,1-3H3. The lowest BCUT2D eigenvalue weighted by Crippen LogP contribution is -2.17. The third kappa shape index (κ3) is 3.32. The highest BCUT2D eigenvalue weighted by Crippen LogP contribution is 2.19. The Morgan fingerprint density at radius 3 is 2.67 bits per heavy atom. The number of aromatic nitrogens is 3. The lowest BCUT2D eigenvalue weighted by Gasteiger charge is -2.07. The maximum Gasteiger partial charge on any atom is 0.0834 e. The molecule has 21 heavy (non-hydrogen) atoms. The number of pyridine rings is 1. The number of rotatable bonds is 6. The molecular weight excluding hydrogens is 260 g/mol. The molecule has 1 aliphatic rings. The molecule has 4 heteroatoms. The maximum absolute atomic E-state index is 4.75. The van der Waals surface area contributed by atoms with Crippen LogP contribution in [-0.2, 0) is 19.5 Å². The van der Waals surface area contributed by atoms with Gasteiger partial charge in [0, 0.05) is 18.3 Å². The zero-order valence-corrected chi connectivity index (χ0v) is 13.2. The van der Waals surface area contributed by atoms with E-state index in [9.17, 15) is 0 Å². The first-order valence-electron chi connectivity index (χ1n) is 7.88. The van der Waals surface area contributed by atoms with E-state index in [-0.39, 0.29) is 0 Å². The maximum atomic E-state index is 4.75. The van der Waals surface area contributed by atoms with Crippen LogP contribution in [0.15, 0.2) is 18.2 Å². The van der Waals surface area contributed by atoms with Crippen molar-refractivity contribution in [3.8, 4) is 0 Å². The van der Waals surface area contributed by atoms with Crippen molar-refractivity contribution in [1.29, 1.82) is 0 Å². The van der Waals surface area contributed by atoms with Crippen molar-refractivity contribution < 1.29 is 0 Å². The Balaban J connectivity index is 1.73. The summed E-state index contributed by atoms with van der Waals surface area (Å²) >= 11 is 0. The van der Waals surface area contributed by atoms with Crippen LogP contribution < -0.4 is 5.32 Å². The van der Waals surface area contributed by atoms with Crippen LogP contribution in [0.25, 0.3) is 0 Å². The largest absolute Gasteiger partial charge is 0.308 e. The molecule has 1 aliphatic carbocycles. The topological polar surface area (TPSA) is 42.7 Å². The average molecular weight is 284 g/mol. The molecule has 1 saturated carbocycles. The summed E-state index contributed by atoms with van der Waals surface area (Å²) in [6, 6.07) is 7.00. The third-order valence-electron chi connectivity index (χ3n) is 4.21. The minimum atomic E-state index is 0.721. The Bertz CT molecular complexity index is 626. The van der Waals surface area contributed by atoms with Gasteiger partial charge in [-0.2, -0.15) is 5.10 Å². The van der Waals surface area contributed by atoms with Gasteiger partial charge in [-0.05, 0) is 50.8 Å². The monoisotopic (exact) mass is 284 g/mol. The second-order valence-corrected chi connectivity index (χ2v) is 5.94. The van der Waals surface area contributed by atoms with Gasteiger partial charge in [0.25, 0.3) is 0 Å². The summed E-state index contributed by atoms with van der Waals surface area (Å²) in [5.74, 6) is 0. The Kier molecular flexibility index (Phi) is 4.06. The van der Waals surface area contributed by atoms with Crippen molar-refractivity contribution in [3.63, 3.8) is 0 Å². The van der Waals surface area contributed by atoms with Gasteiger partial charge in [0.2, 0.25) is 0 Å². The van der Waals surface area contributed by atoms with Crippen LogP contribution in [0.2, 0.25) is 0 Å². The zero-order chi connectivity index (χ0) is 14.8. The van der Waals surface area contributed by atoms with E-state index in [4.69, 9.17) is 4.98 Å². The summed E-state index contributed by atoms with van der Waals surface area (Å²) in [4.78, 5) is 4.75. The highest BCUT2D eigenvalue weighted by Gasteiger charge is 2.20. The van der Waals surface area contributed by atoms with Crippen molar-refractivity contribution in [3.05, 3.63) is 46.5 Å². The Labute approximate surface area is 126 Å². The van der Waals surface area contributed by atoms with Gasteiger partial charge in [0.05, 0.1) is 23.6 Å². The third-order valence-corrected chi connectivity index (χ3v) is 4.21. The predicted octanol–water partition coefficient (Wildman–Crippen LogP) is 2.76. The SMILES string of the molecule is CCc1c(C)nn(Cc2cccc(CNC3CC3)n2)c1C. The van der Waals surface area contributed by atoms with Crippen molar-refractivity contribution in [2.75, 3.05) is 0 Å².